The van der Waals surface area contributed by atoms with E-state index in [1.807, 2.05) is 18.2 Å². The Balaban J connectivity index is 1.48. The van der Waals surface area contributed by atoms with Crippen LogP contribution in [0.4, 0.5) is 18.3 Å². The molecule has 0 bridgehead atoms. The molecule has 168 valence electrons. The SMILES string of the molecule is Cc1c(C(=O)Nc2nnc(C(F)(F)F)s2)nn2c1C(=O)N(CCc1ccccc1Cl)CC2. The van der Waals surface area contributed by atoms with E-state index in [4.69, 9.17) is 11.6 Å². The number of hydrogen-bond donors (Lipinski definition) is 1. The number of nitrogens with zero attached hydrogens (tertiary/aromatic N) is 5. The van der Waals surface area contributed by atoms with Gasteiger partial charge in [0, 0.05) is 23.7 Å². The fourth-order valence-electron chi connectivity index (χ4n) is 3.38. The molecule has 3 aromatic rings. The van der Waals surface area contributed by atoms with Gasteiger partial charge in [-0.3, -0.25) is 19.6 Å². The molecule has 0 aliphatic carbocycles. The quantitative estimate of drug-likeness (QED) is 0.596. The lowest BCUT2D eigenvalue weighted by Crippen LogP contribution is -2.41. The normalized spacial score (nSPS) is 13.9. The van der Waals surface area contributed by atoms with Gasteiger partial charge >= 0.3 is 6.18 Å². The van der Waals surface area contributed by atoms with Crippen molar-refractivity contribution in [1.29, 1.82) is 0 Å². The third-order valence-corrected chi connectivity index (χ3v) is 6.22. The molecular weight excluding hydrogens is 469 g/mol. The Morgan fingerprint density at radius 1 is 1.25 bits per heavy atom. The van der Waals surface area contributed by atoms with Crippen LogP contribution >= 0.6 is 22.9 Å². The van der Waals surface area contributed by atoms with E-state index in [1.54, 1.807) is 17.9 Å². The van der Waals surface area contributed by atoms with Gasteiger partial charge in [0.2, 0.25) is 10.1 Å². The first kappa shape index (κ1) is 22.2. The summed E-state index contributed by atoms with van der Waals surface area (Å²) in [5.41, 5.74) is 1.49. The van der Waals surface area contributed by atoms with Crippen LogP contribution in [0.15, 0.2) is 24.3 Å². The van der Waals surface area contributed by atoms with Gasteiger partial charge < -0.3 is 4.90 Å². The maximum absolute atomic E-state index is 13.0. The predicted molar refractivity (Wildman–Crippen MR) is 111 cm³/mol. The Labute approximate surface area is 189 Å². The number of hydrogen-bond acceptors (Lipinski definition) is 6. The maximum Gasteiger partial charge on any atom is 0.445 e. The van der Waals surface area contributed by atoms with Crippen molar-refractivity contribution in [3.05, 3.63) is 56.8 Å². The number of halogens is 4. The fourth-order valence-corrected chi connectivity index (χ4v) is 4.22. The molecule has 0 radical (unpaired) electrons. The summed E-state index contributed by atoms with van der Waals surface area (Å²) < 4.78 is 39.5. The molecule has 1 aliphatic heterocycles. The van der Waals surface area contributed by atoms with Crippen LogP contribution < -0.4 is 5.32 Å². The summed E-state index contributed by atoms with van der Waals surface area (Å²) in [6, 6.07) is 7.39. The molecule has 2 amide bonds. The molecule has 0 spiro atoms. The lowest BCUT2D eigenvalue weighted by molar-refractivity contribution is -0.138. The van der Waals surface area contributed by atoms with E-state index >= 15 is 0 Å². The van der Waals surface area contributed by atoms with Crippen LogP contribution in [0.5, 0.6) is 0 Å². The monoisotopic (exact) mass is 484 g/mol. The highest BCUT2D eigenvalue weighted by atomic mass is 35.5. The molecule has 0 unspecified atom stereocenters. The number of alkyl halides is 3. The topological polar surface area (TPSA) is 93.0 Å². The number of rotatable bonds is 5. The van der Waals surface area contributed by atoms with Crippen molar-refractivity contribution in [2.75, 3.05) is 18.4 Å². The van der Waals surface area contributed by atoms with Crippen LogP contribution in [0, 0.1) is 6.92 Å². The Bertz CT molecular complexity index is 1190. The molecule has 8 nitrogen and oxygen atoms in total. The number of aromatic nitrogens is 4. The number of fused-ring (bicyclic) bond motifs is 1. The summed E-state index contributed by atoms with van der Waals surface area (Å²) >= 11 is 6.39. The van der Waals surface area contributed by atoms with Gasteiger partial charge in [0.15, 0.2) is 5.69 Å². The van der Waals surface area contributed by atoms with Crippen molar-refractivity contribution < 1.29 is 22.8 Å². The molecule has 4 rings (SSSR count). The lowest BCUT2D eigenvalue weighted by Gasteiger charge is -2.28. The zero-order valence-corrected chi connectivity index (χ0v) is 18.2. The Hall–Kier alpha value is -2.99. The molecule has 1 aliphatic rings. The van der Waals surface area contributed by atoms with Crippen molar-refractivity contribution in [3.8, 4) is 0 Å². The summed E-state index contributed by atoms with van der Waals surface area (Å²) in [5.74, 6) is -1.03. The highest BCUT2D eigenvalue weighted by Crippen LogP contribution is 2.33. The van der Waals surface area contributed by atoms with Gasteiger partial charge in [-0.2, -0.15) is 18.3 Å². The lowest BCUT2D eigenvalue weighted by atomic mass is 10.1. The predicted octanol–water partition coefficient (Wildman–Crippen LogP) is 3.67. The molecule has 0 saturated carbocycles. The maximum atomic E-state index is 13.0. The van der Waals surface area contributed by atoms with E-state index < -0.39 is 17.1 Å². The number of anilines is 1. The van der Waals surface area contributed by atoms with Crippen LogP contribution in [-0.2, 0) is 19.1 Å². The largest absolute Gasteiger partial charge is 0.445 e. The summed E-state index contributed by atoms with van der Waals surface area (Å²) in [5, 5.41) is 12.0. The first-order valence-corrected chi connectivity index (χ1v) is 10.7. The van der Waals surface area contributed by atoms with E-state index in [2.05, 4.69) is 20.6 Å². The Kier molecular flexibility index (Phi) is 5.91. The standard InChI is InChI=1S/C19H16ClF3N6O2S/c1-10-13(15(30)24-18-26-25-17(32-18)19(21,22)23)27-29-9-8-28(16(31)14(10)29)7-6-11-4-2-3-5-12(11)20/h2-5H,6-9H2,1H3,(H,24,26,30). The average Bonchev–Trinajstić information content (AvgIpc) is 3.33. The van der Waals surface area contributed by atoms with Crippen molar-refractivity contribution in [1.82, 2.24) is 24.9 Å². The second kappa shape index (κ2) is 8.51. The van der Waals surface area contributed by atoms with Gasteiger partial charge in [0.05, 0.1) is 6.54 Å². The number of amides is 2. The zero-order chi connectivity index (χ0) is 23.0. The summed E-state index contributed by atoms with van der Waals surface area (Å²) in [6.45, 7) is 2.81. The van der Waals surface area contributed by atoms with Crippen molar-refractivity contribution >= 4 is 39.9 Å². The van der Waals surface area contributed by atoms with Gasteiger partial charge in [0.1, 0.15) is 5.69 Å². The van der Waals surface area contributed by atoms with Crippen molar-refractivity contribution in [2.24, 2.45) is 0 Å². The minimum atomic E-state index is -4.65. The van der Waals surface area contributed by atoms with Crippen LogP contribution in [0.2, 0.25) is 5.02 Å². The van der Waals surface area contributed by atoms with Gasteiger partial charge in [-0.25, -0.2) is 0 Å². The van der Waals surface area contributed by atoms with E-state index in [1.165, 1.54) is 4.68 Å². The highest BCUT2D eigenvalue weighted by molar-refractivity contribution is 7.15. The summed E-state index contributed by atoms with van der Waals surface area (Å²) in [6.07, 6.45) is -4.07. The second-order valence-electron chi connectivity index (χ2n) is 7.04. The van der Waals surface area contributed by atoms with Gasteiger partial charge in [-0.15, -0.1) is 10.2 Å². The molecule has 2 aromatic heterocycles. The molecule has 0 fully saturated rings. The molecule has 13 heteroatoms. The summed E-state index contributed by atoms with van der Waals surface area (Å²) in [7, 11) is 0. The fraction of sp³-hybridized carbons (Fsp3) is 0.316. The second-order valence-corrected chi connectivity index (χ2v) is 8.43. The Morgan fingerprint density at radius 3 is 2.69 bits per heavy atom. The third-order valence-electron chi connectivity index (χ3n) is 4.97. The highest BCUT2D eigenvalue weighted by Gasteiger charge is 2.36. The third kappa shape index (κ3) is 4.32. The van der Waals surface area contributed by atoms with Crippen LogP contribution in [-0.4, -0.2) is 49.8 Å². The molecule has 1 N–H and O–H groups in total. The number of carbonyl (C=O) groups is 2. The summed E-state index contributed by atoms with van der Waals surface area (Å²) in [4.78, 5) is 27.2. The van der Waals surface area contributed by atoms with Crippen molar-refractivity contribution in [3.63, 3.8) is 0 Å². The minimum absolute atomic E-state index is 0.0509. The van der Waals surface area contributed by atoms with Crippen LogP contribution in [0.25, 0.3) is 0 Å². The minimum Gasteiger partial charge on any atom is -0.335 e. The van der Waals surface area contributed by atoms with E-state index in [0.717, 1.165) is 5.56 Å². The number of carbonyl (C=O) groups excluding carboxylic acids is 2. The average molecular weight is 485 g/mol. The molecule has 1 aromatic carbocycles. The van der Waals surface area contributed by atoms with Gasteiger partial charge in [0.25, 0.3) is 11.8 Å². The van der Waals surface area contributed by atoms with Crippen LogP contribution in [0.3, 0.4) is 0 Å². The molecule has 32 heavy (non-hydrogen) atoms. The molecule has 3 heterocycles. The molecular formula is C19H16ClF3N6O2S. The van der Waals surface area contributed by atoms with Crippen molar-refractivity contribution in [2.45, 2.75) is 26.1 Å². The Morgan fingerprint density at radius 2 is 2.00 bits per heavy atom. The molecule has 0 atom stereocenters. The van der Waals surface area contributed by atoms with Gasteiger partial charge in [-0.05, 0) is 25.0 Å². The first-order valence-electron chi connectivity index (χ1n) is 9.47. The van der Waals surface area contributed by atoms with Crippen LogP contribution in [0.1, 0.15) is 37.1 Å². The zero-order valence-electron chi connectivity index (χ0n) is 16.6. The van der Waals surface area contributed by atoms with Gasteiger partial charge in [-0.1, -0.05) is 41.1 Å². The molecule has 0 saturated heterocycles. The van der Waals surface area contributed by atoms with E-state index in [-0.39, 0.29) is 33.8 Å². The number of benzene rings is 1. The first-order chi connectivity index (χ1) is 15.1. The number of nitrogens with one attached hydrogen (secondary N) is 1. The van der Waals surface area contributed by atoms with E-state index in [0.29, 0.717) is 36.6 Å². The van der Waals surface area contributed by atoms with E-state index in [9.17, 15) is 22.8 Å². The smallest absolute Gasteiger partial charge is 0.335 e.